The highest BCUT2D eigenvalue weighted by Crippen LogP contribution is 2.43. The number of nitrogens with one attached hydrogen (secondary N) is 1. The van der Waals surface area contributed by atoms with Gasteiger partial charge in [0, 0.05) is 30.1 Å². The number of aromatic nitrogens is 5. The van der Waals surface area contributed by atoms with Crippen LogP contribution >= 0.6 is 0 Å². The zero-order chi connectivity index (χ0) is 21.5. The molecule has 0 atom stereocenters. The topological polar surface area (TPSA) is 77.7 Å². The molecule has 0 saturated heterocycles. The smallest absolute Gasteiger partial charge is 0.364 e. The van der Waals surface area contributed by atoms with Crippen LogP contribution in [0.1, 0.15) is 41.1 Å². The summed E-state index contributed by atoms with van der Waals surface area (Å²) in [5, 5.41) is 3.02. The third kappa shape index (κ3) is 3.67. The van der Waals surface area contributed by atoms with Crippen LogP contribution in [0.2, 0.25) is 0 Å². The minimum absolute atomic E-state index is 0.0760. The Balaban J connectivity index is 1.44. The van der Waals surface area contributed by atoms with E-state index in [1.54, 1.807) is 17.9 Å². The first kappa shape index (κ1) is 19.4. The van der Waals surface area contributed by atoms with Crippen molar-refractivity contribution >= 4 is 0 Å². The van der Waals surface area contributed by atoms with Crippen molar-refractivity contribution in [2.45, 2.75) is 39.2 Å². The number of benzene rings is 2. The molecule has 4 aromatic rings. The molecular formula is C24H25N5O2. The van der Waals surface area contributed by atoms with Gasteiger partial charge in [-0.15, -0.1) is 0 Å². The third-order valence-electron chi connectivity index (χ3n) is 5.77. The lowest BCUT2D eigenvalue weighted by Gasteiger charge is -2.20. The van der Waals surface area contributed by atoms with E-state index >= 15 is 0 Å². The van der Waals surface area contributed by atoms with Crippen molar-refractivity contribution in [1.82, 2.24) is 24.5 Å². The van der Waals surface area contributed by atoms with E-state index in [1.165, 1.54) is 23.1 Å². The SMILES string of the molecule is Cc1ccnc(-c2ccc(OCc3c(C4CC4)cccc3-n3[nH]n(C)c3=O)c(C)c2)n1. The first-order chi connectivity index (χ1) is 15.0. The van der Waals surface area contributed by atoms with Gasteiger partial charge < -0.3 is 4.74 Å². The first-order valence-corrected chi connectivity index (χ1v) is 10.5. The van der Waals surface area contributed by atoms with Gasteiger partial charge in [-0.3, -0.25) is 0 Å². The second kappa shape index (κ2) is 7.58. The predicted molar refractivity (Wildman–Crippen MR) is 119 cm³/mol. The van der Waals surface area contributed by atoms with Crippen molar-refractivity contribution < 1.29 is 4.74 Å². The third-order valence-corrected chi connectivity index (χ3v) is 5.77. The molecule has 0 bridgehead atoms. The van der Waals surface area contributed by atoms with Crippen LogP contribution in [0.3, 0.4) is 0 Å². The maximum absolute atomic E-state index is 12.3. The van der Waals surface area contributed by atoms with Crippen molar-refractivity contribution in [1.29, 1.82) is 0 Å². The predicted octanol–water partition coefficient (Wildman–Crippen LogP) is 4.03. The highest BCUT2D eigenvalue weighted by molar-refractivity contribution is 5.58. The number of ether oxygens (including phenoxy) is 1. The number of aromatic amines is 1. The summed E-state index contributed by atoms with van der Waals surface area (Å²) >= 11 is 0. The highest BCUT2D eigenvalue weighted by atomic mass is 16.5. The van der Waals surface area contributed by atoms with E-state index in [4.69, 9.17) is 4.74 Å². The quantitative estimate of drug-likeness (QED) is 0.516. The number of nitrogens with zero attached hydrogens (tertiary/aromatic N) is 4. The molecule has 0 spiro atoms. The molecule has 0 unspecified atom stereocenters. The average Bonchev–Trinajstić information content (AvgIpc) is 3.61. The van der Waals surface area contributed by atoms with Gasteiger partial charge in [0.2, 0.25) is 0 Å². The number of hydrogen-bond donors (Lipinski definition) is 1. The standard InChI is InChI=1S/C24H25N5O2/c1-15-13-18(23-25-12-11-16(2)26-23)9-10-22(15)31-14-20-19(17-7-8-17)5-4-6-21(20)29-24(30)28(3)27-29/h4-6,9-13,17,27H,7-8,14H2,1-3H3. The summed E-state index contributed by atoms with van der Waals surface area (Å²) in [7, 11) is 1.71. The maximum Gasteiger partial charge on any atom is 0.364 e. The van der Waals surface area contributed by atoms with Gasteiger partial charge in [-0.25, -0.2) is 24.7 Å². The zero-order valence-corrected chi connectivity index (χ0v) is 17.9. The lowest BCUT2D eigenvalue weighted by atomic mass is 10.0. The molecule has 31 heavy (non-hydrogen) atoms. The molecule has 0 aliphatic heterocycles. The molecule has 1 N–H and O–H groups in total. The fraction of sp³-hybridized carbons (Fsp3) is 0.292. The van der Waals surface area contributed by atoms with Crippen LogP contribution in [0, 0.1) is 13.8 Å². The number of H-pyrrole nitrogens is 1. The number of aryl methyl sites for hydroxylation is 3. The molecule has 5 rings (SSSR count). The van der Waals surface area contributed by atoms with E-state index in [-0.39, 0.29) is 5.69 Å². The van der Waals surface area contributed by atoms with Gasteiger partial charge in [0.1, 0.15) is 12.4 Å². The minimum Gasteiger partial charge on any atom is -0.489 e. The zero-order valence-electron chi connectivity index (χ0n) is 17.9. The van der Waals surface area contributed by atoms with Gasteiger partial charge in [0.05, 0.1) is 5.69 Å². The average molecular weight is 415 g/mol. The van der Waals surface area contributed by atoms with Gasteiger partial charge in [0.25, 0.3) is 0 Å². The van der Waals surface area contributed by atoms with Crippen molar-refractivity contribution in [3.8, 4) is 22.8 Å². The molecule has 1 aliphatic rings. The first-order valence-electron chi connectivity index (χ1n) is 10.5. The normalized spacial score (nSPS) is 13.5. The molecule has 1 aliphatic carbocycles. The summed E-state index contributed by atoms with van der Waals surface area (Å²) in [5.74, 6) is 2.07. The summed E-state index contributed by atoms with van der Waals surface area (Å²) in [5.41, 5.74) is 6.03. The Morgan fingerprint density at radius 3 is 2.68 bits per heavy atom. The van der Waals surface area contributed by atoms with E-state index in [9.17, 15) is 4.79 Å². The van der Waals surface area contributed by atoms with Crippen molar-refractivity contribution in [2.75, 3.05) is 0 Å². The molecule has 158 valence electrons. The van der Waals surface area contributed by atoms with E-state index in [0.29, 0.717) is 18.3 Å². The fourth-order valence-corrected chi connectivity index (χ4v) is 3.92. The molecule has 0 radical (unpaired) electrons. The molecule has 0 amide bonds. The van der Waals surface area contributed by atoms with Crippen molar-refractivity contribution in [3.63, 3.8) is 0 Å². The van der Waals surface area contributed by atoms with E-state index in [0.717, 1.165) is 33.8 Å². The molecule has 2 aromatic heterocycles. The molecule has 2 aromatic carbocycles. The Kier molecular flexibility index (Phi) is 4.73. The van der Waals surface area contributed by atoms with Crippen LogP contribution in [0.15, 0.2) is 53.5 Å². The fourth-order valence-electron chi connectivity index (χ4n) is 3.92. The van der Waals surface area contributed by atoms with Crippen LogP contribution < -0.4 is 10.4 Å². The molecule has 2 heterocycles. The van der Waals surface area contributed by atoms with E-state index in [2.05, 4.69) is 21.2 Å². The van der Waals surface area contributed by atoms with Crippen LogP contribution in [0.5, 0.6) is 5.75 Å². The van der Waals surface area contributed by atoms with Gasteiger partial charge >= 0.3 is 5.69 Å². The Bertz CT molecular complexity index is 1310. The monoisotopic (exact) mass is 415 g/mol. The van der Waals surface area contributed by atoms with E-state index in [1.807, 2.05) is 50.2 Å². The van der Waals surface area contributed by atoms with Crippen LogP contribution in [0.25, 0.3) is 17.1 Å². The van der Waals surface area contributed by atoms with Crippen LogP contribution in [0.4, 0.5) is 0 Å². The second-order valence-electron chi connectivity index (χ2n) is 8.19. The lowest BCUT2D eigenvalue weighted by Crippen LogP contribution is -2.40. The summed E-state index contributed by atoms with van der Waals surface area (Å²) in [4.78, 5) is 21.1. The number of hydrogen-bond acceptors (Lipinski definition) is 4. The molecule has 7 heteroatoms. The van der Waals surface area contributed by atoms with Crippen LogP contribution in [-0.4, -0.2) is 24.5 Å². The van der Waals surface area contributed by atoms with E-state index < -0.39 is 0 Å². The summed E-state index contributed by atoms with van der Waals surface area (Å²) in [6.07, 6.45) is 4.14. The highest BCUT2D eigenvalue weighted by Gasteiger charge is 2.28. The van der Waals surface area contributed by atoms with Crippen molar-refractivity contribution in [3.05, 3.63) is 81.5 Å². The minimum atomic E-state index is -0.0760. The summed E-state index contributed by atoms with van der Waals surface area (Å²) in [6.45, 7) is 4.38. The van der Waals surface area contributed by atoms with Crippen LogP contribution in [-0.2, 0) is 13.7 Å². The maximum atomic E-state index is 12.3. The Morgan fingerprint density at radius 1 is 1.16 bits per heavy atom. The largest absolute Gasteiger partial charge is 0.489 e. The van der Waals surface area contributed by atoms with Crippen molar-refractivity contribution in [2.24, 2.45) is 7.05 Å². The second-order valence-corrected chi connectivity index (χ2v) is 8.19. The Labute approximate surface area is 180 Å². The Morgan fingerprint density at radius 2 is 2.00 bits per heavy atom. The van der Waals surface area contributed by atoms with Gasteiger partial charge in [-0.1, -0.05) is 12.1 Å². The molecule has 1 saturated carbocycles. The summed E-state index contributed by atoms with van der Waals surface area (Å²) < 4.78 is 9.30. The Hall–Kier alpha value is -3.61. The molecule has 1 fully saturated rings. The molecule has 7 nitrogen and oxygen atoms in total. The molecular weight excluding hydrogens is 390 g/mol. The van der Waals surface area contributed by atoms with Gasteiger partial charge in [-0.05, 0) is 74.1 Å². The number of rotatable bonds is 6. The lowest BCUT2D eigenvalue weighted by molar-refractivity contribution is 0.301. The van der Waals surface area contributed by atoms with Gasteiger partial charge in [-0.2, -0.15) is 4.68 Å². The summed E-state index contributed by atoms with van der Waals surface area (Å²) in [6, 6.07) is 14.0. The van der Waals surface area contributed by atoms with Gasteiger partial charge in [0.15, 0.2) is 5.82 Å².